The zero-order valence-corrected chi connectivity index (χ0v) is 14.4. The molecular weight excluding hydrogens is 324 g/mol. The second kappa shape index (κ2) is 6.96. The number of rotatable bonds is 3. The number of benzene rings is 4. The van der Waals surface area contributed by atoms with E-state index in [1.807, 2.05) is 24.3 Å². The molecule has 0 N–H and O–H groups in total. The maximum atomic E-state index is 6.10. The normalized spacial score (nSPS) is 10.6. The van der Waals surface area contributed by atoms with Crippen LogP contribution in [0.15, 0.2) is 103 Å². The molecule has 4 rings (SSSR count). The molecule has 0 aliphatic rings. The highest BCUT2D eigenvalue weighted by Gasteiger charge is 2.03. The summed E-state index contributed by atoms with van der Waals surface area (Å²) < 4.78 is 0. The van der Waals surface area contributed by atoms with Crippen LogP contribution in [0, 0.1) is 0 Å². The van der Waals surface area contributed by atoms with Crippen LogP contribution in [0.25, 0.3) is 33.4 Å². The van der Waals surface area contributed by atoms with Crippen molar-refractivity contribution in [3.05, 3.63) is 108 Å². The highest BCUT2D eigenvalue weighted by molar-refractivity contribution is 6.30. The van der Waals surface area contributed by atoms with E-state index in [0.29, 0.717) is 0 Å². The highest BCUT2D eigenvalue weighted by atomic mass is 35.5. The van der Waals surface area contributed by atoms with Crippen molar-refractivity contribution in [3.63, 3.8) is 0 Å². The van der Waals surface area contributed by atoms with Crippen LogP contribution in [0.2, 0.25) is 5.02 Å². The van der Waals surface area contributed by atoms with E-state index in [4.69, 9.17) is 11.6 Å². The maximum absolute atomic E-state index is 6.10. The molecule has 4 aromatic carbocycles. The van der Waals surface area contributed by atoms with Crippen molar-refractivity contribution >= 4 is 11.6 Å². The van der Waals surface area contributed by atoms with Crippen LogP contribution in [0.3, 0.4) is 0 Å². The number of halogens is 1. The van der Waals surface area contributed by atoms with Gasteiger partial charge in [-0.1, -0.05) is 96.5 Å². The summed E-state index contributed by atoms with van der Waals surface area (Å²) in [6.07, 6.45) is 0. The van der Waals surface area contributed by atoms with Gasteiger partial charge in [-0.3, -0.25) is 0 Å². The van der Waals surface area contributed by atoms with Gasteiger partial charge in [-0.05, 0) is 51.6 Å². The van der Waals surface area contributed by atoms with Crippen LogP contribution in [0.5, 0.6) is 0 Å². The third-order valence-corrected chi connectivity index (χ3v) is 4.58. The first-order valence-corrected chi connectivity index (χ1v) is 8.69. The predicted octanol–water partition coefficient (Wildman–Crippen LogP) is 7.34. The number of hydrogen-bond donors (Lipinski definition) is 0. The van der Waals surface area contributed by atoms with Crippen molar-refractivity contribution in [1.82, 2.24) is 0 Å². The van der Waals surface area contributed by atoms with Crippen LogP contribution in [0.1, 0.15) is 0 Å². The lowest BCUT2D eigenvalue weighted by Gasteiger charge is -2.08. The second-order valence-corrected chi connectivity index (χ2v) is 6.47. The Morgan fingerprint density at radius 3 is 1.36 bits per heavy atom. The summed E-state index contributed by atoms with van der Waals surface area (Å²) in [5.41, 5.74) is 7.21. The van der Waals surface area contributed by atoms with Gasteiger partial charge in [-0.2, -0.15) is 0 Å². The zero-order valence-electron chi connectivity index (χ0n) is 13.7. The van der Waals surface area contributed by atoms with Gasteiger partial charge >= 0.3 is 0 Å². The standard InChI is InChI=1S/C24H17Cl/c25-24-11-5-10-23(17-24)20-14-12-19(13-15-20)22-9-4-8-21(16-22)18-6-2-1-3-7-18/h1-17H. The molecule has 0 aliphatic heterocycles. The van der Waals surface area contributed by atoms with Crippen LogP contribution in [-0.2, 0) is 0 Å². The molecule has 120 valence electrons. The second-order valence-electron chi connectivity index (χ2n) is 6.03. The smallest absolute Gasteiger partial charge is 0.0412 e. The molecule has 1 heteroatoms. The molecule has 0 nitrogen and oxygen atoms in total. The molecule has 0 saturated carbocycles. The Morgan fingerprint density at radius 1 is 0.360 bits per heavy atom. The summed E-state index contributed by atoms with van der Waals surface area (Å²) in [4.78, 5) is 0. The minimum Gasteiger partial charge on any atom is -0.0843 e. The topological polar surface area (TPSA) is 0 Å². The lowest BCUT2D eigenvalue weighted by molar-refractivity contribution is 1.57. The van der Waals surface area contributed by atoms with Gasteiger partial charge in [0.1, 0.15) is 0 Å². The van der Waals surface area contributed by atoms with Gasteiger partial charge in [0.15, 0.2) is 0 Å². The SMILES string of the molecule is Clc1cccc(-c2ccc(-c3cccc(-c4ccccc4)c3)cc2)c1. The average molecular weight is 341 g/mol. The van der Waals surface area contributed by atoms with Gasteiger partial charge < -0.3 is 0 Å². The quantitative estimate of drug-likeness (QED) is 0.366. The van der Waals surface area contributed by atoms with E-state index in [-0.39, 0.29) is 0 Å². The Balaban J connectivity index is 1.67. The molecule has 0 fully saturated rings. The van der Waals surface area contributed by atoms with Crippen molar-refractivity contribution in [1.29, 1.82) is 0 Å². The Hall–Kier alpha value is -2.83. The van der Waals surface area contributed by atoms with Gasteiger partial charge in [0.2, 0.25) is 0 Å². The molecule has 0 aromatic heterocycles. The fourth-order valence-corrected chi connectivity index (χ4v) is 3.22. The summed E-state index contributed by atoms with van der Waals surface area (Å²) in [5.74, 6) is 0. The van der Waals surface area contributed by atoms with E-state index in [9.17, 15) is 0 Å². The van der Waals surface area contributed by atoms with E-state index in [2.05, 4.69) is 78.9 Å². The van der Waals surface area contributed by atoms with E-state index in [0.717, 1.165) is 10.6 Å². The van der Waals surface area contributed by atoms with E-state index < -0.39 is 0 Å². The van der Waals surface area contributed by atoms with Crippen molar-refractivity contribution in [2.75, 3.05) is 0 Å². The molecule has 0 atom stereocenters. The minimum absolute atomic E-state index is 0.761. The maximum Gasteiger partial charge on any atom is 0.0412 e. The minimum atomic E-state index is 0.761. The summed E-state index contributed by atoms with van der Waals surface area (Å²) in [6.45, 7) is 0. The lowest BCUT2D eigenvalue weighted by Crippen LogP contribution is -1.82. The summed E-state index contributed by atoms with van der Waals surface area (Å²) in [6, 6.07) is 35.7. The van der Waals surface area contributed by atoms with Crippen molar-refractivity contribution in [2.24, 2.45) is 0 Å². The molecule has 0 unspecified atom stereocenters. The highest BCUT2D eigenvalue weighted by Crippen LogP contribution is 2.29. The van der Waals surface area contributed by atoms with Crippen molar-refractivity contribution in [3.8, 4) is 33.4 Å². The zero-order chi connectivity index (χ0) is 17.1. The molecule has 0 bridgehead atoms. The summed E-state index contributed by atoms with van der Waals surface area (Å²) in [7, 11) is 0. The molecule has 0 heterocycles. The first-order valence-electron chi connectivity index (χ1n) is 8.31. The third-order valence-electron chi connectivity index (χ3n) is 4.35. The molecule has 0 aliphatic carbocycles. The van der Waals surface area contributed by atoms with Crippen LogP contribution in [-0.4, -0.2) is 0 Å². The molecule has 25 heavy (non-hydrogen) atoms. The molecule has 0 amide bonds. The first kappa shape index (κ1) is 15.7. The van der Waals surface area contributed by atoms with Gasteiger partial charge in [-0.25, -0.2) is 0 Å². The molecule has 0 radical (unpaired) electrons. The van der Waals surface area contributed by atoms with Crippen molar-refractivity contribution < 1.29 is 0 Å². The van der Waals surface area contributed by atoms with E-state index in [1.54, 1.807) is 0 Å². The Bertz CT molecular complexity index is 986. The van der Waals surface area contributed by atoms with Gasteiger partial charge in [0, 0.05) is 5.02 Å². The summed E-state index contributed by atoms with van der Waals surface area (Å²) >= 11 is 6.10. The van der Waals surface area contributed by atoms with E-state index >= 15 is 0 Å². The Labute approximate surface area is 153 Å². The van der Waals surface area contributed by atoms with Gasteiger partial charge in [-0.15, -0.1) is 0 Å². The monoisotopic (exact) mass is 340 g/mol. The predicted molar refractivity (Wildman–Crippen MR) is 108 cm³/mol. The average Bonchev–Trinajstić information content (AvgIpc) is 2.69. The Kier molecular flexibility index (Phi) is 4.37. The largest absolute Gasteiger partial charge is 0.0843 e. The van der Waals surface area contributed by atoms with Gasteiger partial charge in [0.05, 0.1) is 0 Å². The van der Waals surface area contributed by atoms with Crippen molar-refractivity contribution in [2.45, 2.75) is 0 Å². The fourth-order valence-electron chi connectivity index (χ4n) is 3.03. The Morgan fingerprint density at radius 2 is 0.800 bits per heavy atom. The molecule has 4 aromatic rings. The number of hydrogen-bond acceptors (Lipinski definition) is 0. The van der Waals surface area contributed by atoms with Crippen LogP contribution < -0.4 is 0 Å². The third kappa shape index (κ3) is 3.50. The van der Waals surface area contributed by atoms with E-state index in [1.165, 1.54) is 27.8 Å². The molecule has 0 spiro atoms. The van der Waals surface area contributed by atoms with Crippen LogP contribution >= 0.6 is 11.6 Å². The van der Waals surface area contributed by atoms with Gasteiger partial charge in [0.25, 0.3) is 0 Å². The fraction of sp³-hybridized carbons (Fsp3) is 0. The first-order chi connectivity index (χ1) is 12.3. The lowest BCUT2D eigenvalue weighted by atomic mass is 9.97. The van der Waals surface area contributed by atoms with Crippen LogP contribution in [0.4, 0.5) is 0 Å². The summed E-state index contributed by atoms with van der Waals surface area (Å²) in [5, 5.41) is 0.761. The molecular formula is C24H17Cl. The molecule has 0 saturated heterocycles.